The molecule has 1 amide bonds. The average Bonchev–Trinajstić information content (AvgIpc) is 3.31. The minimum Gasteiger partial charge on any atom is -0.381 e. The third-order valence-corrected chi connectivity index (χ3v) is 7.52. The van der Waals surface area contributed by atoms with Gasteiger partial charge in [0.1, 0.15) is 22.9 Å². The molecule has 3 N–H and O–H groups in total. The number of carbonyl (C=O) groups excluding carboxylic acids is 1. The summed E-state index contributed by atoms with van der Waals surface area (Å²) in [6.07, 6.45) is 9.47. The Kier molecular flexibility index (Phi) is 6.46. The Morgan fingerprint density at radius 1 is 1.17 bits per heavy atom. The van der Waals surface area contributed by atoms with Crippen molar-refractivity contribution < 1.29 is 9.53 Å². The number of carbonyl (C=O) groups is 1. The molecule has 0 radical (unpaired) electrons. The predicted molar refractivity (Wildman–Crippen MR) is 134 cm³/mol. The van der Waals surface area contributed by atoms with Crippen molar-refractivity contribution in [2.24, 2.45) is 5.92 Å². The van der Waals surface area contributed by atoms with Gasteiger partial charge in [-0.05, 0) is 56.6 Å². The molecular weight excluding hydrogens is 446 g/mol. The molecule has 0 unspecified atom stereocenters. The van der Waals surface area contributed by atoms with Crippen molar-refractivity contribution in [2.75, 3.05) is 24.8 Å². The Bertz CT molecular complexity index is 1280. The minimum absolute atomic E-state index is 0.0912. The molecule has 10 nitrogen and oxygen atoms in total. The van der Waals surface area contributed by atoms with E-state index in [1.807, 2.05) is 16.8 Å². The van der Waals surface area contributed by atoms with Gasteiger partial charge in [-0.2, -0.15) is 9.61 Å². The molecule has 0 aliphatic heterocycles. The van der Waals surface area contributed by atoms with Crippen molar-refractivity contribution in [1.82, 2.24) is 24.5 Å². The lowest BCUT2D eigenvalue weighted by molar-refractivity contribution is 0.0580. The van der Waals surface area contributed by atoms with E-state index in [2.05, 4.69) is 33.0 Å². The van der Waals surface area contributed by atoms with Crippen molar-refractivity contribution in [1.29, 1.82) is 0 Å². The second-order valence-electron chi connectivity index (χ2n) is 9.63. The summed E-state index contributed by atoms with van der Waals surface area (Å²) in [5, 5.41) is 13.7. The van der Waals surface area contributed by atoms with Crippen LogP contribution >= 0.6 is 0 Å². The van der Waals surface area contributed by atoms with Gasteiger partial charge in [0.15, 0.2) is 5.65 Å². The summed E-state index contributed by atoms with van der Waals surface area (Å²) >= 11 is 0. The number of nitrogens with one attached hydrogen (secondary N) is 3. The Hall–Kier alpha value is -3.40. The molecule has 0 bridgehead atoms. The highest BCUT2D eigenvalue weighted by Crippen LogP contribution is 2.30. The predicted octanol–water partition coefficient (Wildman–Crippen LogP) is 3.33. The first-order chi connectivity index (χ1) is 17.0. The van der Waals surface area contributed by atoms with Gasteiger partial charge in [0, 0.05) is 38.5 Å². The van der Waals surface area contributed by atoms with Crippen LogP contribution in [-0.4, -0.2) is 51.4 Å². The summed E-state index contributed by atoms with van der Waals surface area (Å²) in [6, 6.07) is 5.74. The molecule has 186 valence electrons. The van der Waals surface area contributed by atoms with Crippen LogP contribution in [0.4, 0.5) is 17.3 Å². The number of hydrogen-bond donors (Lipinski definition) is 3. The van der Waals surface area contributed by atoms with Crippen LogP contribution in [0.25, 0.3) is 5.65 Å². The van der Waals surface area contributed by atoms with Gasteiger partial charge >= 0.3 is 0 Å². The van der Waals surface area contributed by atoms with E-state index in [0.717, 1.165) is 38.5 Å². The highest BCUT2D eigenvalue weighted by Gasteiger charge is 2.29. The first-order valence-electron chi connectivity index (χ1n) is 12.4. The molecule has 2 saturated carbocycles. The van der Waals surface area contributed by atoms with E-state index in [-0.39, 0.29) is 29.7 Å². The molecule has 2 aliphatic rings. The molecule has 0 saturated heterocycles. The summed E-state index contributed by atoms with van der Waals surface area (Å²) in [5.41, 5.74) is 1.18. The number of methoxy groups -OCH3 is 1. The van der Waals surface area contributed by atoms with E-state index < -0.39 is 0 Å². The Morgan fingerprint density at radius 3 is 2.63 bits per heavy atom. The third-order valence-electron chi connectivity index (χ3n) is 7.52. The van der Waals surface area contributed by atoms with E-state index in [9.17, 15) is 9.59 Å². The van der Waals surface area contributed by atoms with Crippen LogP contribution in [0.1, 0.15) is 61.8 Å². The van der Waals surface area contributed by atoms with Gasteiger partial charge in [0.2, 0.25) is 0 Å². The second-order valence-corrected chi connectivity index (χ2v) is 9.63. The number of fused-ring (bicyclic) bond motifs is 1. The smallest absolute Gasteiger partial charge is 0.274 e. The first kappa shape index (κ1) is 23.3. The normalized spacial score (nSPS) is 24.1. The molecule has 2 aliphatic carbocycles. The number of aromatic nitrogens is 4. The van der Waals surface area contributed by atoms with Crippen LogP contribution in [0.2, 0.25) is 0 Å². The van der Waals surface area contributed by atoms with E-state index in [0.29, 0.717) is 34.5 Å². The van der Waals surface area contributed by atoms with Crippen molar-refractivity contribution >= 4 is 28.9 Å². The number of ether oxygens (including phenoxy) is 1. The fourth-order valence-electron chi connectivity index (χ4n) is 5.08. The van der Waals surface area contributed by atoms with Gasteiger partial charge in [-0.3, -0.25) is 9.59 Å². The molecule has 5 rings (SSSR count). The quantitative estimate of drug-likeness (QED) is 0.476. The number of hydrogen-bond acceptors (Lipinski definition) is 7. The monoisotopic (exact) mass is 479 g/mol. The summed E-state index contributed by atoms with van der Waals surface area (Å²) in [5.74, 6) is 1.41. The molecule has 10 heteroatoms. The largest absolute Gasteiger partial charge is 0.381 e. The number of amides is 1. The molecular formula is C25H33N7O3. The van der Waals surface area contributed by atoms with Crippen LogP contribution in [0.15, 0.2) is 35.4 Å². The molecule has 35 heavy (non-hydrogen) atoms. The van der Waals surface area contributed by atoms with Crippen LogP contribution in [0.5, 0.6) is 0 Å². The van der Waals surface area contributed by atoms with Crippen LogP contribution in [-0.2, 0) is 4.74 Å². The Balaban J connectivity index is 1.42. The maximum atomic E-state index is 13.3. The zero-order valence-electron chi connectivity index (χ0n) is 20.5. The van der Waals surface area contributed by atoms with Crippen molar-refractivity contribution in [3.8, 4) is 0 Å². The van der Waals surface area contributed by atoms with Gasteiger partial charge in [0.05, 0.1) is 12.3 Å². The molecule has 3 aromatic rings. The number of rotatable bonds is 7. The summed E-state index contributed by atoms with van der Waals surface area (Å²) in [7, 11) is 3.52. The number of nitrogens with zero attached hydrogens (tertiary/aromatic N) is 4. The average molecular weight is 480 g/mol. The van der Waals surface area contributed by atoms with Gasteiger partial charge < -0.3 is 25.3 Å². The van der Waals surface area contributed by atoms with Crippen LogP contribution in [0, 0.1) is 5.92 Å². The Labute approximate surface area is 204 Å². The number of pyridine rings is 1. The van der Waals surface area contributed by atoms with Gasteiger partial charge in [0.25, 0.3) is 11.5 Å². The molecule has 3 aromatic heterocycles. The van der Waals surface area contributed by atoms with E-state index in [1.54, 1.807) is 30.8 Å². The fourth-order valence-corrected chi connectivity index (χ4v) is 5.08. The van der Waals surface area contributed by atoms with Gasteiger partial charge in [-0.1, -0.05) is 6.92 Å². The lowest BCUT2D eigenvalue weighted by Crippen LogP contribution is -2.45. The zero-order valence-corrected chi connectivity index (χ0v) is 20.5. The number of anilines is 3. The van der Waals surface area contributed by atoms with Gasteiger partial charge in [-0.25, -0.2) is 4.98 Å². The van der Waals surface area contributed by atoms with E-state index in [1.165, 1.54) is 6.20 Å². The molecule has 2 atom stereocenters. The molecule has 3 heterocycles. The summed E-state index contributed by atoms with van der Waals surface area (Å²) < 4.78 is 8.88. The van der Waals surface area contributed by atoms with E-state index in [4.69, 9.17) is 4.74 Å². The molecule has 0 spiro atoms. The van der Waals surface area contributed by atoms with Gasteiger partial charge in [-0.15, -0.1) is 0 Å². The maximum absolute atomic E-state index is 13.3. The molecule has 2 fully saturated rings. The lowest BCUT2D eigenvalue weighted by Gasteiger charge is -2.34. The van der Waals surface area contributed by atoms with Crippen LogP contribution in [0.3, 0.4) is 0 Å². The zero-order chi connectivity index (χ0) is 24.5. The standard InChI is InChI=1S/C25H33N7O3/c1-15-6-11-19(15)29-24(33)18-14-27-32-22(26-2)13-21(30-23(18)32)28-20-5-4-12-31(25(20)34)16-7-9-17(35-3)10-8-16/h4-5,12-17,19,26H,6-11H2,1-3H3,(H,28,30)(H,29,33)/t15-,16-,17-,19+/m1/s1. The topological polar surface area (TPSA) is 115 Å². The lowest BCUT2D eigenvalue weighted by atomic mass is 9.81. The summed E-state index contributed by atoms with van der Waals surface area (Å²) in [4.78, 5) is 30.9. The SMILES string of the molecule is CNc1cc(Nc2cccn([C@H]3CC[C@H](OC)CC3)c2=O)nc2c(C(=O)N[C@H]3CC[C@H]3C)cnn12. The summed E-state index contributed by atoms with van der Waals surface area (Å²) in [6.45, 7) is 2.14. The van der Waals surface area contributed by atoms with Crippen molar-refractivity contribution in [2.45, 2.75) is 63.6 Å². The van der Waals surface area contributed by atoms with Crippen molar-refractivity contribution in [3.05, 3.63) is 46.5 Å². The second kappa shape index (κ2) is 9.69. The minimum atomic E-state index is -0.183. The Morgan fingerprint density at radius 2 is 1.97 bits per heavy atom. The van der Waals surface area contributed by atoms with E-state index >= 15 is 0 Å². The maximum Gasteiger partial charge on any atom is 0.274 e. The third kappa shape index (κ3) is 4.50. The van der Waals surface area contributed by atoms with Crippen molar-refractivity contribution in [3.63, 3.8) is 0 Å². The highest BCUT2D eigenvalue weighted by molar-refractivity contribution is 6.00. The highest BCUT2D eigenvalue weighted by atomic mass is 16.5. The fraction of sp³-hybridized carbons (Fsp3) is 0.520. The first-order valence-corrected chi connectivity index (χ1v) is 12.4. The van der Waals surface area contributed by atoms with Crippen LogP contribution < -0.4 is 21.5 Å². The molecule has 0 aromatic carbocycles.